The number of aryl methyl sites for hydroxylation is 1. The van der Waals surface area contributed by atoms with Gasteiger partial charge >= 0.3 is 0 Å². The molecule has 0 aromatic heterocycles. The Hall–Kier alpha value is -3.03. The van der Waals surface area contributed by atoms with E-state index in [1.54, 1.807) is 0 Å². The maximum absolute atomic E-state index is 13.0. The van der Waals surface area contributed by atoms with E-state index in [1.165, 1.54) is 29.8 Å². The molecule has 1 aliphatic carbocycles. The number of benzene rings is 3. The predicted octanol–water partition coefficient (Wildman–Crippen LogP) is 4.02. The largest absolute Gasteiger partial charge is 0.269 e. The maximum atomic E-state index is 13.0. The van der Waals surface area contributed by atoms with Crippen LogP contribution in [0.3, 0.4) is 0 Å². The van der Waals surface area contributed by atoms with Crippen LogP contribution in [0.4, 0.5) is 5.69 Å². The zero-order valence-corrected chi connectivity index (χ0v) is 16.4. The summed E-state index contributed by atoms with van der Waals surface area (Å²) in [5, 5.41) is 10.8. The highest BCUT2D eigenvalue weighted by Gasteiger charge is 2.33. The summed E-state index contributed by atoms with van der Waals surface area (Å²) in [4.78, 5) is 10.3. The molecule has 3 aromatic carbocycles. The van der Waals surface area contributed by atoms with Gasteiger partial charge < -0.3 is 0 Å². The van der Waals surface area contributed by atoms with Crippen LogP contribution >= 0.6 is 0 Å². The number of rotatable bonds is 5. The molecule has 0 amide bonds. The van der Waals surface area contributed by atoms with Gasteiger partial charge in [0.1, 0.15) is 0 Å². The van der Waals surface area contributed by atoms with Gasteiger partial charge in [-0.05, 0) is 41.7 Å². The summed E-state index contributed by atoms with van der Waals surface area (Å²) in [6.45, 7) is 0. The third-order valence-electron chi connectivity index (χ3n) is 5.34. The Kier molecular flexibility index (Phi) is 5.17. The van der Waals surface area contributed by atoms with Crippen LogP contribution in [-0.2, 0) is 16.4 Å². The highest BCUT2D eigenvalue weighted by molar-refractivity contribution is 7.89. The lowest BCUT2D eigenvalue weighted by atomic mass is 9.76. The molecule has 7 heteroatoms. The van der Waals surface area contributed by atoms with E-state index in [2.05, 4.69) is 16.9 Å². The van der Waals surface area contributed by atoms with E-state index >= 15 is 0 Å². The molecule has 0 unspecified atom stereocenters. The predicted molar refractivity (Wildman–Crippen MR) is 110 cm³/mol. The number of non-ortho nitro benzene ring substituents is 1. The third-order valence-corrected chi connectivity index (χ3v) is 6.85. The molecule has 0 aliphatic heterocycles. The van der Waals surface area contributed by atoms with Crippen molar-refractivity contribution in [1.82, 2.24) is 4.72 Å². The molecule has 148 valence electrons. The van der Waals surface area contributed by atoms with Crippen LogP contribution in [0.25, 0.3) is 0 Å². The van der Waals surface area contributed by atoms with Crippen LogP contribution in [0.15, 0.2) is 83.8 Å². The molecular weight excluding hydrogens is 388 g/mol. The quantitative estimate of drug-likeness (QED) is 0.510. The summed E-state index contributed by atoms with van der Waals surface area (Å²) < 4.78 is 28.8. The van der Waals surface area contributed by atoms with Gasteiger partial charge in [-0.3, -0.25) is 10.1 Å². The van der Waals surface area contributed by atoms with Crippen LogP contribution < -0.4 is 4.72 Å². The van der Waals surface area contributed by atoms with Gasteiger partial charge in [0.2, 0.25) is 10.0 Å². The number of hydrogen-bond acceptors (Lipinski definition) is 4. The first-order valence-electron chi connectivity index (χ1n) is 9.35. The first-order chi connectivity index (χ1) is 14.0. The first-order valence-corrected chi connectivity index (χ1v) is 10.8. The number of hydrogen-bond donors (Lipinski definition) is 1. The standard InChI is InChI=1S/C22H20N2O4S/c25-24(26)18-11-13-19(14-12-18)29(27,28)23-21-15-10-16-6-4-5-9-20(16)22(21)17-7-2-1-3-8-17/h1-9,11-14,21-23H,10,15H2/t21-,22-/m1/s1. The van der Waals surface area contributed by atoms with Crippen LogP contribution in [0.2, 0.25) is 0 Å². The van der Waals surface area contributed by atoms with E-state index in [1.807, 2.05) is 42.5 Å². The number of nitro groups is 1. The molecule has 1 N–H and O–H groups in total. The fourth-order valence-corrected chi connectivity index (χ4v) is 5.26. The molecule has 1 aliphatic rings. The summed E-state index contributed by atoms with van der Waals surface area (Å²) in [5.41, 5.74) is 3.27. The number of nitrogens with zero attached hydrogens (tertiary/aromatic N) is 1. The summed E-state index contributed by atoms with van der Waals surface area (Å²) in [7, 11) is -3.82. The van der Waals surface area contributed by atoms with Crippen molar-refractivity contribution in [3.8, 4) is 0 Å². The molecule has 0 heterocycles. The van der Waals surface area contributed by atoms with Crippen molar-refractivity contribution in [2.24, 2.45) is 0 Å². The average Bonchev–Trinajstić information content (AvgIpc) is 2.74. The van der Waals surface area contributed by atoms with Gasteiger partial charge in [-0.25, -0.2) is 13.1 Å². The van der Waals surface area contributed by atoms with Crippen molar-refractivity contribution in [2.45, 2.75) is 29.7 Å². The van der Waals surface area contributed by atoms with Crippen molar-refractivity contribution in [3.05, 3.63) is 106 Å². The number of fused-ring (bicyclic) bond motifs is 1. The van der Waals surface area contributed by atoms with Crippen molar-refractivity contribution in [2.75, 3.05) is 0 Å². The van der Waals surface area contributed by atoms with Crippen LogP contribution in [-0.4, -0.2) is 19.4 Å². The van der Waals surface area contributed by atoms with Crippen LogP contribution in [0.1, 0.15) is 29.0 Å². The molecular formula is C22H20N2O4S. The number of nitrogens with one attached hydrogen (secondary N) is 1. The number of sulfonamides is 1. The van der Waals surface area contributed by atoms with Gasteiger partial charge in [-0.2, -0.15) is 0 Å². The van der Waals surface area contributed by atoms with Gasteiger partial charge in [0, 0.05) is 24.1 Å². The van der Waals surface area contributed by atoms with Crippen molar-refractivity contribution >= 4 is 15.7 Å². The molecule has 0 radical (unpaired) electrons. The molecule has 6 nitrogen and oxygen atoms in total. The van der Waals surface area contributed by atoms with Crippen LogP contribution in [0, 0.1) is 10.1 Å². The van der Waals surface area contributed by atoms with E-state index in [9.17, 15) is 18.5 Å². The van der Waals surface area contributed by atoms with E-state index in [-0.39, 0.29) is 22.5 Å². The zero-order valence-electron chi connectivity index (χ0n) is 15.6. The van der Waals surface area contributed by atoms with E-state index in [0.717, 1.165) is 17.5 Å². The second-order valence-corrected chi connectivity index (χ2v) is 8.82. The Morgan fingerprint density at radius 2 is 1.55 bits per heavy atom. The first kappa shape index (κ1) is 19.3. The van der Waals surface area contributed by atoms with Gasteiger partial charge in [-0.1, -0.05) is 54.6 Å². The van der Waals surface area contributed by atoms with Gasteiger partial charge in [0.15, 0.2) is 0 Å². The lowest BCUT2D eigenvalue weighted by Gasteiger charge is -2.34. The Labute approximate surface area is 169 Å². The van der Waals surface area contributed by atoms with E-state index in [4.69, 9.17) is 0 Å². The van der Waals surface area contributed by atoms with E-state index < -0.39 is 14.9 Å². The fourth-order valence-electron chi connectivity index (χ4n) is 3.97. The summed E-state index contributed by atoms with van der Waals surface area (Å²) in [5.74, 6) is -0.103. The van der Waals surface area contributed by atoms with Crippen molar-refractivity contribution in [1.29, 1.82) is 0 Å². The van der Waals surface area contributed by atoms with Crippen molar-refractivity contribution in [3.63, 3.8) is 0 Å². The smallest absolute Gasteiger partial charge is 0.258 e. The summed E-state index contributed by atoms with van der Waals surface area (Å²) >= 11 is 0. The zero-order chi connectivity index (χ0) is 20.4. The van der Waals surface area contributed by atoms with Gasteiger partial charge in [0.05, 0.1) is 9.82 Å². The highest BCUT2D eigenvalue weighted by atomic mass is 32.2. The molecule has 0 spiro atoms. The van der Waals surface area contributed by atoms with Gasteiger partial charge in [-0.15, -0.1) is 0 Å². The molecule has 0 saturated carbocycles. The molecule has 3 aromatic rings. The minimum absolute atomic E-state index is 0.0220. The second-order valence-electron chi connectivity index (χ2n) is 7.10. The molecule has 0 fully saturated rings. The SMILES string of the molecule is O=[N+]([O-])c1ccc(S(=O)(=O)N[C@@H]2CCc3ccccc3[C@H]2c2ccccc2)cc1. The number of nitro benzene ring substituents is 1. The highest BCUT2D eigenvalue weighted by Crippen LogP contribution is 2.37. The average molecular weight is 408 g/mol. The molecule has 0 bridgehead atoms. The lowest BCUT2D eigenvalue weighted by molar-refractivity contribution is -0.384. The fraction of sp³-hybridized carbons (Fsp3) is 0.182. The minimum atomic E-state index is -3.82. The Bertz CT molecular complexity index is 1130. The Morgan fingerprint density at radius 1 is 0.897 bits per heavy atom. The maximum Gasteiger partial charge on any atom is 0.269 e. The van der Waals surface area contributed by atoms with Crippen molar-refractivity contribution < 1.29 is 13.3 Å². The second kappa shape index (κ2) is 7.77. The lowest BCUT2D eigenvalue weighted by Crippen LogP contribution is -2.42. The van der Waals surface area contributed by atoms with E-state index in [0.29, 0.717) is 6.42 Å². The summed E-state index contributed by atoms with van der Waals surface area (Å²) in [6.07, 6.45) is 1.45. The normalized spacial score (nSPS) is 18.8. The molecule has 0 saturated heterocycles. The molecule has 4 rings (SSSR count). The third kappa shape index (κ3) is 3.92. The van der Waals surface area contributed by atoms with Crippen LogP contribution in [0.5, 0.6) is 0 Å². The molecule has 2 atom stereocenters. The Balaban J connectivity index is 1.69. The molecule has 29 heavy (non-hydrogen) atoms. The minimum Gasteiger partial charge on any atom is -0.258 e. The topological polar surface area (TPSA) is 89.3 Å². The van der Waals surface area contributed by atoms with Gasteiger partial charge in [0.25, 0.3) is 5.69 Å². The Morgan fingerprint density at radius 3 is 2.24 bits per heavy atom. The monoisotopic (exact) mass is 408 g/mol. The summed E-state index contributed by atoms with van der Waals surface area (Å²) in [6, 6.07) is 22.6.